The number of nitro benzene ring substituents is 1. The first-order valence-corrected chi connectivity index (χ1v) is 5.84. The molecule has 0 heterocycles. The zero-order valence-electron chi connectivity index (χ0n) is 10.9. The van der Waals surface area contributed by atoms with Gasteiger partial charge in [-0.25, -0.2) is 4.39 Å². The molecule has 110 valence electrons. The van der Waals surface area contributed by atoms with Crippen molar-refractivity contribution in [2.45, 2.75) is 0 Å². The molecule has 7 nitrogen and oxygen atoms in total. The third kappa shape index (κ3) is 3.97. The lowest BCUT2D eigenvalue weighted by Crippen LogP contribution is -2.36. The Labute approximate surface area is 114 Å². The summed E-state index contributed by atoms with van der Waals surface area (Å²) in [5.41, 5.74) is -0.704. The van der Waals surface area contributed by atoms with Gasteiger partial charge in [-0.2, -0.15) is 0 Å². The molecule has 0 unspecified atom stereocenters. The summed E-state index contributed by atoms with van der Waals surface area (Å²) in [5.74, 6) is -1.62. The quantitative estimate of drug-likeness (QED) is 0.591. The average Bonchev–Trinajstić information content (AvgIpc) is 2.42. The second kappa shape index (κ2) is 7.51. The molecule has 0 aliphatic heterocycles. The number of non-ortho nitro benzene ring substituents is 1. The Morgan fingerprint density at radius 2 is 2.20 bits per heavy atom. The Balaban J connectivity index is 2.96. The maximum atomic E-state index is 13.7. The molecule has 0 radical (unpaired) electrons. The number of carbonyl (C=O) groups is 1. The van der Waals surface area contributed by atoms with E-state index < -0.39 is 22.3 Å². The maximum absolute atomic E-state index is 13.7. The van der Waals surface area contributed by atoms with Crippen LogP contribution in [0, 0.1) is 15.9 Å². The van der Waals surface area contributed by atoms with E-state index in [-0.39, 0.29) is 31.9 Å². The van der Waals surface area contributed by atoms with Crippen molar-refractivity contribution < 1.29 is 24.0 Å². The van der Waals surface area contributed by atoms with Crippen molar-refractivity contribution in [2.24, 2.45) is 0 Å². The lowest BCUT2D eigenvalue weighted by molar-refractivity contribution is -0.385. The number of amides is 1. The molecule has 0 aromatic heterocycles. The average molecular weight is 286 g/mol. The van der Waals surface area contributed by atoms with Crippen molar-refractivity contribution in [3.05, 3.63) is 39.7 Å². The standard InChI is InChI=1S/C12H15FN2O5/c1-20-7-5-14(4-6-16)12(17)10-3-2-9(15(18)19)8-11(10)13/h2-3,8,16H,4-7H2,1H3. The second-order valence-electron chi connectivity index (χ2n) is 3.93. The van der Waals surface area contributed by atoms with Gasteiger partial charge in [-0.05, 0) is 6.07 Å². The highest BCUT2D eigenvalue weighted by Crippen LogP contribution is 2.18. The van der Waals surface area contributed by atoms with Crippen LogP contribution in [-0.2, 0) is 4.74 Å². The minimum atomic E-state index is -0.968. The zero-order chi connectivity index (χ0) is 15.1. The summed E-state index contributed by atoms with van der Waals surface area (Å²) in [4.78, 5) is 23.1. The van der Waals surface area contributed by atoms with Crippen LogP contribution in [0.5, 0.6) is 0 Å². The molecule has 1 aromatic carbocycles. The molecule has 1 amide bonds. The topological polar surface area (TPSA) is 92.9 Å². The number of aliphatic hydroxyl groups is 1. The fraction of sp³-hybridized carbons (Fsp3) is 0.417. The van der Waals surface area contributed by atoms with E-state index in [0.717, 1.165) is 12.1 Å². The largest absolute Gasteiger partial charge is 0.395 e. The first-order chi connectivity index (χ1) is 9.51. The highest BCUT2D eigenvalue weighted by Gasteiger charge is 2.21. The molecule has 1 rings (SSSR count). The predicted molar refractivity (Wildman–Crippen MR) is 67.9 cm³/mol. The third-order valence-corrected chi connectivity index (χ3v) is 2.62. The van der Waals surface area contributed by atoms with E-state index in [0.29, 0.717) is 6.07 Å². The van der Waals surface area contributed by atoms with Crippen LogP contribution in [-0.4, -0.2) is 54.3 Å². The highest BCUT2D eigenvalue weighted by molar-refractivity contribution is 5.94. The molecule has 0 saturated carbocycles. The van der Waals surface area contributed by atoms with Crippen LogP contribution in [0.4, 0.5) is 10.1 Å². The minimum Gasteiger partial charge on any atom is -0.395 e. The Morgan fingerprint density at radius 3 is 2.70 bits per heavy atom. The lowest BCUT2D eigenvalue weighted by atomic mass is 10.1. The number of halogens is 1. The number of nitro groups is 1. The van der Waals surface area contributed by atoms with E-state index >= 15 is 0 Å². The Bertz CT molecular complexity index is 495. The molecule has 0 aliphatic carbocycles. The Kier molecular flexibility index (Phi) is 6.01. The van der Waals surface area contributed by atoms with E-state index in [4.69, 9.17) is 9.84 Å². The summed E-state index contributed by atoms with van der Waals surface area (Å²) in [6.07, 6.45) is 0. The molecule has 1 N–H and O–H groups in total. The van der Waals surface area contributed by atoms with Gasteiger partial charge in [0.2, 0.25) is 0 Å². The van der Waals surface area contributed by atoms with Gasteiger partial charge >= 0.3 is 0 Å². The molecule has 1 aromatic rings. The number of methoxy groups -OCH3 is 1. The molecule has 8 heteroatoms. The molecule has 0 aliphatic rings. The number of benzene rings is 1. The van der Waals surface area contributed by atoms with Crippen LogP contribution in [0.15, 0.2) is 18.2 Å². The zero-order valence-corrected chi connectivity index (χ0v) is 10.9. The monoisotopic (exact) mass is 286 g/mol. The summed E-state index contributed by atoms with van der Waals surface area (Å²) in [6, 6.07) is 2.82. The highest BCUT2D eigenvalue weighted by atomic mass is 19.1. The summed E-state index contributed by atoms with van der Waals surface area (Å²) < 4.78 is 18.6. The van der Waals surface area contributed by atoms with E-state index in [1.165, 1.54) is 12.0 Å². The Morgan fingerprint density at radius 1 is 1.50 bits per heavy atom. The van der Waals surface area contributed by atoms with Gasteiger partial charge < -0.3 is 14.7 Å². The molecular formula is C12H15FN2O5. The van der Waals surface area contributed by atoms with Gasteiger partial charge in [-0.1, -0.05) is 0 Å². The van der Waals surface area contributed by atoms with Gasteiger partial charge in [0, 0.05) is 26.3 Å². The summed E-state index contributed by atoms with van der Waals surface area (Å²) in [5, 5.41) is 19.4. The normalized spacial score (nSPS) is 10.3. The van der Waals surface area contributed by atoms with Crippen molar-refractivity contribution in [3.63, 3.8) is 0 Å². The molecule has 0 saturated heterocycles. The minimum absolute atomic E-state index is 0.0264. The van der Waals surface area contributed by atoms with Crippen molar-refractivity contribution in [1.82, 2.24) is 4.90 Å². The number of ether oxygens (including phenoxy) is 1. The van der Waals surface area contributed by atoms with Crippen molar-refractivity contribution in [1.29, 1.82) is 0 Å². The summed E-state index contributed by atoms with van der Waals surface area (Å²) in [7, 11) is 1.45. The number of hydrogen-bond donors (Lipinski definition) is 1. The van der Waals surface area contributed by atoms with Gasteiger partial charge in [-0.3, -0.25) is 14.9 Å². The van der Waals surface area contributed by atoms with E-state index in [9.17, 15) is 19.3 Å². The molecule has 20 heavy (non-hydrogen) atoms. The fourth-order valence-corrected chi connectivity index (χ4v) is 1.60. The third-order valence-electron chi connectivity index (χ3n) is 2.62. The smallest absolute Gasteiger partial charge is 0.272 e. The van der Waals surface area contributed by atoms with E-state index in [1.807, 2.05) is 0 Å². The van der Waals surface area contributed by atoms with Crippen LogP contribution in [0.3, 0.4) is 0 Å². The van der Waals surface area contributed by atoms with Crippen molar-refractivity contribution >= 4 is 11.6 Å². The summed E-state index contributed by atoms with van der Waals surface area (Å²) in [6.45, 7) is 0.176. The van der Waals surface area contributed by atoms with Crippen LogP contribution in [0.1, 0.15) is 10.4 Å². The predicted octanol–water partition coefficient (Wildman–Crippen LogP) is 0.815. The number of carbonyl (C=O) groups excluding carboxylic acids is 1. The molecule has 0 spiro atoms. The first-order valence-electron chi connectivity index (χ1n) is 5.84. The second-order valence-corrected chi connectivity index (χ2v) is 3.93. The van der Waals surface area contributed by atoms with Crippen LogP contribution in [0.25, 0.3) is 0 Å². The van der Waals surface area contributed by atoms with Crippen LogP contribution < -0.4 is 0 Å². The maximum Gasteiger partial charge on any atom is 0.272 e. The number of aliphatic hydroxyl groups excluding tert-OH is 1. The first kappa shape index (κ1) is 16.0. The van der Waals surface area contributed by atoms with E-state index in [2.05, 4.69) is 0 Å². The van der Waals surface area contributed by atoms with Gasteiger partial charge in [-0.15, -0.1) is 0 Å². The number of nitrogens with zero attached hydrogens (tertiary/aromatic N) is 2. The van der Waals surface area contributed by atoms with Crippen molar-refractivity contribution in [2.75, 3.05) is 33.4 Å². The van der Waals surface area contributed by atoms with E-state index in [1.54, 1.807) is 0 Å². The van der Waals surface area contributed by atoms with Gasteiger partial charge in [0.05, 0.1) is 29.8 Å². The molecule has 0 atom stereocenters. The molecular weight excluding hydrogens is 271 g/mol. The fourth-order valence-electron chi connectivity index (χ4n) is 1.60. The SMILES string of the molecule is COCCN(CCO)C(=O)c1ccc([N+](=O)[O-])cc1F. The van der Waals surface area contributed by atoms with Gasteiger partial charge in [0.15, 0.2) is 0 Å². The van der Waals surface area contributed by atoms with Gasteiger partial charge in [0.1, 0.15) is 5.82 Å². The van der Waals surface area contributed by atoms with Gasteiger partial charge in [0.25, 0.3) is 11.6 Å². The lowest BCUT2D eigenvalue weighted by Gasteiger charge is -2.21. The Hall–Kier alpha value is -2.06. The number of rotatable bonds is 7. The van der Waals surface area contributed by atoms with Crippen LogP contribution >= 0.6 is 0 Å². The molecule has 0 fully saturated rings. The van der Waals surface area contributed by atoms with Crippen molar-refractivity contribution in [3.8, 4) is 0 Å². The number of hydrogen-bond acceptors (Lipinski definition) is 5. The summed E-state index contributed by atoms with van der Waals surface area (Å²) >= 11 is 0. The molecule has 0 bridgehead atoms. The van der Waals surface area contributed by atoms with Crippen LogP contribution in [0.2, 0.25) is 0 Å².